The van der Waals surface area contributed by atoms with E-state index in [0.29, 0.717) is 6.61 Å². The van der Waals surface area contributed by atoms with E-state index < -0.39 is 0 Å². The highest BCUT2D eigenvalue weighted by molar-refractivity contribution is 5.96. The highest BCUT2D eigenvalue weighted by Gasteiger charge is 2.04. The molecule has 0 radical (unpaired) electrons. The lowest BCUT2D eigenvalue weighted by atomic mass is 10.1. The second-order valence-corrected chi connectivity index (χ2v) is 5.84. The van der Waals surface area contributed by atoms with E-state index in [2.05, 4.69) is 23.6 Å². The van der Waals surface area contributed by atoms with Gasteiger partial charge in [-0.05, 0) is 41.5 Å². The van der Waals surface area contributed by atoms with Gasteiger partial charge in [0.2, 0.25) is 5.91 Å². The first kappa shape index (κ1) is 16.8. The Bertz CT molecular complexity index is 861. The molecule has 0 saturated heterocycles. The fraction of sp³-hybridized carbons (Fsp3) is 0.190. The maximum absolute atomic E-state index is 12.2. The van der Waals surface area contributed by atoms with E-state index >= 15 is 0 Å². The summed E-state index contributed by atoms with van der Waals surface area (Å²) in [5, 5.41) is 8.31. The van der Waals surface area contributed by atoms with Crippen LogP contribution < -0.4 is 15.4 Å². The van der Waals surface area contributed by atoms with Crippen LogP contribution in [0.5, 0.6) is 5.75 Å². The van der Waals surface area contributed by atoms with Crippen molar-refractivity contribution in [3.63, 3.8) is 0 Å². The molecule has 0 heterocycles. The fourth-order valence-electron chi connectivity index (χ4n) is 2.57. The molecule has 4 heteroatoms. The van der Waals surface area contributed by atoms with Crippen LogP contribution in [-0.2, 0) is 4.79 Å². The Morgan fingerprint density at radius 2 is 1.76 bits per heavy atom. The highest BCUT2D eigenvalue weighted by Crippen LogP contribution is 2.19. The topological polar surface area (TPSA) is 50.4 Å². The van der Waals surface area contributed by atoms with Crippen LogP contribution in [0.15, 0.2) is 66.7 Å². The van der Waals surface area contributed by atoms with Crippen LogP contribution in [0.2, 0.25) is 0 Å². The Hall–Kier alpha value is -3.01. The van der Waals surface area contributed by atoms with Gasteiger partial charge in [0.15, 0.2) is 0 Å². The van der Waals surface area contributed by atoms with Crippen LogP contribution in [0.25, 0.3) is 10.8 Å². The molecule has 0 saturated carbocycles. The number of fused-ring (bicyclic) bond motifs is 1. The Kier molecular flexibility index (Phi) is 5.52. The van der Waals surface area contributed by atoms with Crippen molar-refractivity contribution in [1.82, 2.24) is 0 Å². The summed E-state index contributed by atoms with van der Waals surface area (Å²) >= 11 is 0. The maximum Gasteiger partial charge on any atom is 0.243 e. The second kappa shape index (κ2) is 8.20. The lowest BCUT2D eigenvalue weighted by molar-refractivity contribution is -0.114. The molecule has 2 N–H and O–H groups in total. The second-order valence-electron chi connectivity index (χ2n) is 5.84. The van der Waals surface area contributed by atoms with Gasteiger partial charge in [-0.15, -0.1) is 0 Å². The molecule has 3 aromatic rings. The number of anilines is 2. The first-order valence-corrected chi connectivity index (χ1v) is 8.50. The van der Waals surface area contributed by atoms with Gasteiger partial charge in [-0.3, -0.25) is 4.79 Å². The zero-order valence-corrected chi connectivity index (χ0v) is 14.3. The van der Waals surface area contributed by atoms with E-state index in [4.69, 9.17) is 4.74 Å². The molecule has 0 fully saturated rings. The maximum atomic E-state index is 12.2. The van der Waals surface area contributed by atoms with E-state index in [9.17, 15) is 4.79 Å². The van der Waals surface area contributed by atoms with Crippen LogP contribution in [0.4, 0.5) is 11.4 Å². The minimum atomic E-state index is -0.0878. The summed E-state index contributed by atoms with van der Waals surface area (Å²) in [7, 11) is 0. The van der Waals surface area contributed by atoms with E-state index in [1.807, 2.05) is 60.7 Å². The Morgan fingerprint density at radius 3 is 2.60 bits per heavy atom. The van der Waals surface area contributed by atoms with Gasteiger partial charge in [-0.2, -0.15) is 0 Å². The summed E-state index contributed by atoms with van der Waals surface area (Å²) in [6.07, 6.45) is 0.964. The highest BCUT2D eigenvalue weighted by atomic mass is 16.5. The summed E-state index contributed by atoms with van der Waals surface area (Å²) in [6.45, 7) is 2.95. The molecule has 0 atom stereocenters. The lowest BCUT2D eigenvalue weighted by Crippen LogP contribution is -2.21. The number of rotatable bonds is 7. The van der Waals surface area contributed by atoms with Crippen molar-refractivity contribution in [3.8, 4) is 5.75 Å². The predicted octanol–water partition coefficient (Wildman–Crippen LogP) is 4.68. The molecule has 0 aliphatic rings. The third kappa shape index (κ3) is 4.73. The molecule has 0 aromatic heterocycles. The van der Waals surface area contributed by atoms with E-state index in [1.54, 1.807) is 0 Å². The average Bonchev–Trinajstić information content (AvgIpc) is 2.65. The van der Waals surface area contributed by atoms with Crippen molar-refractivity contribution in [3.05, 3.63) is 66.7 Å². The quantitative estimate of drug-likeness (QED) is 0.659. The standard InChI is InChI=1S/C21H22N2O2/c1-2-12-25-20-9-5-8-18(14-20)22-15-21(24)23-19-11-10-16-6-3-4-7-17(16)13-19/h3-11,13-14,22H,2,12,15H2,1H3,(H,23,24). The smallest absolute Gasteiger partial charge is 0.243 e. The largest absolute Gasteiger partial charge is 0.494 e. The molecule has 0 bridgehead atoms. The average molecular weight is 334 g/mol. The molecule has 128 valence electrons. The van der Waals surface area contributed by atoms with Crippen molar-refractivity contribution in [2.75, 3.05) is 23.8 Å². The summed E-state index contributed by atoms with van der Waals surface area (Å²) in [5.74, 6) is 0.719. The number of benzene rings is 3. The minimum absolute atomic E-state index is 0.0878. The van der Waals surface area contributed by atoms with Crippen LogP contribution >= 0.6 is 0 Å². The first-order chi connectivity index (χ1) is 12.2. The van der Waals surface area contributed by atoms with Gasteiger partial charge in [-0.1, -0.05) is 43.3 Å². The number of nitrogens with one attached hydrogen (secondary N) is 2. The van der Waals surface area contributed by atoms with Crippen LogP contribution in [0.3, 0.4) is 0 Å². The SMILES string of the molecule is CCCOc1cccc(NCC(=O)Nc2ccc3ccccc3c2)c1. The van der Waals surface area contributed by atoms with Gasteiger partial charge in [-0.25, -0.2) is 0 Å². The summed E-state index contributed by atoms with van der Waals surface area (Å²) < 4.78 is 5.60. The number of carbonyl (C=O) groups excluding carboxylic acids is 1. The lowest BCUT2D eigenvalue weighted by Gasteiger charge is -2.10. The molecular weight excluding hydrogens is 312 g/mol. The molecule has 1 amide bonds. The number of carbonyl (C=O) groups is 1. The Morgan fingerprint density at radius 1 is 0.920 bits per heavy atom. The summed E-state index contributed by atoms with van der Waals surface area (Å²) in [4.78, 5) is 12.2. The first-order valence-electron chi connectivity index (χ1n) is 8.50. The van der Waals surface area contributed by atoms with Gasteiger partial charge in [0.05, 0.1) is 13.2 Å². The molecule has 0 spiro atoms. The third-order valence-electron chi connectivity index (χ3n) is 3.79. The molecule has 3 aromatic carbocycles. The predicted molar refractivity (Wildman–Crippen MR) is 103 cm³/mol. The summed E-state index contributed by atoms with van der Waals surface area (Å²) in [6, 6.07) is 21.6. The summed E-state index contributed by atoms with van der Waals surface area (Å²) in [5.41, 5.74) is 1.66. The van der Waals surface area contributed by atoms with Crippen molar-refractivity contribution in [2.45, 2.75) is 13.3 Å². The van der Waals surface area contributed by atoms with E-state index in [-0.39, 0.29) is 12.5 Å². The normalized spacial score (nSPS) is 10.4. The zero-order chi connectivity index (χ0) is 17.5. The number of hydrogen-bond acceptors (Lipinski definition) is 3. The molecule has 0 unspecified atom stereocenters. The molecule has 4 nitrogen and oxygen atoms in total. The number of hydrogen-bond donors (Lipinski definition) is 2. The molecule has 0 aliphatic carbocycles. The van der Waals surface area contributed by atoms with Gasteiger partial charge >= 0.3 is 0 Å². The van der Waals surface area contributed by atoms with Gasteiger partial charge < -0.3 is 15.4 Å². The molecular formula is C21H22N2O2. The van der Waals surface area contributed by atoms with Crippen molar-refractivity contribution in [1.29, 1.82) is 0 Å². The Balaban J connectivity index is 1.57. The van der Waals surface area contributed by atoms with Gasteiger partial charge in [0.1, 0.15) is 5.75 Å². The third-order valence-corrected chi connectivity index (χ3v) is 3.79. The van der Waals surface area contributed by atoms with Crippen molar-refractivity contribution < 1.29 is 9.53 Å². The van der Waals surface area contributed by atoms with E-state index in [1.165, 1.54) is 0 Å². The Labute approximate surface area is 147 Å². The van der Waals surface area contributed by atoms with E-state index in [0.717, 1.165) is 34.3 Å². The fourth-order valence-corrected chi connectivity index (χ4v) is 2.57. The molecule has 3 rings (SSSR count). The number of amides is 1. The zero-order valence-electron chi connectivity index (χ0n) is 14.3. The van der Waals surface area contributed by atoms with Crippen molar-refractivity contribution >= 4 is 28.1 Å². The number of ether oxygens (including phenoxy) is 1. The van der Waals surface area contributed by atoms with Crippen LogP contribution in [0, 0.1) is 0 Å². The van der Waals surface area contributed by atoms with Gasteiger partial charge in [0, 0.05) is 17.4 Å². The van der Waals surface area contributed by atoms with Crippen molar-refractivity contribution in [2.24, 2.45) is 0 Å². The van der Waals surface area contributed by atoms with Crippen LogP contribution in [0.1, 0.15) is 13.3 Å². The molecule has 0 aliphatic heterocycles. The monoisotopic (exact) mass is 334 g/mol. The van der Waals surface area contributed by atoms with Crippen LogP contribution in [-0.4, -0.2) is 19.1 Å². The molecule has 25 heavy (non-hydrogen) atoms. The van der Waals surface area contributed by atoms with Gasteiger partial charge in [0.25, 0.3) is 0 Å². The minimum Gasteiger partial charge on any atom is -0.494 e.